The molecule has 0 spiro atoms. The van der Waals surface area contributed by atoms with Crippen LogP contribution in [0.15, 0.2) is 6.07 Å². The van der Waals surface area contributed by atoms with Crippen molar-refractivity contribution in [1.82, 2.24) is 4.98 Å². The van der Waals surface area contributed by atoms with E-state index in [0.717, 1.165) is 11.3 Å². The molecule has 4 nitrogen and oxygen atoms in total. The van der Waals surface area contributed by atoms with E-state index in [-0.39, 0.29) is 5.54 Å². The van der Waals surface area contributed by atoms with Crippen LogP contribution in [0.4, 0.5) is 5.82 Å². The van der Waals surface area contributed by atoms with E-state index in [2.05, 4.69) is 16.4 Å². The molecule has 0 fully saturated rings. The smallest absolute Gasteiger partial charge is 0.144 e. The summed E-state index contributed by atoms with van der Waals surface area (Å²) in [5.41, 5.74) is 2.18. The quantitative estimate of drug-likeness (QED) is 0.867. The topological polar surface area (TPSA) is 57.9 Å². The molecule has 1 heterocycles. The Morgan fingerprint density at radius 3 is 2.65 bits per heavy atom. The summed E-state index contributed by atoms with van der Waals surface area (Å²) in [6.45, 7) is 8.41. The molecule has 0 aromatic carbocycles. The molecule has 0 aliphatic carbocycles. The molecule has 0 saturated heterocycles. The van der Waals surface area contributed by atoms with Gasteiger partial charge in [-0.05, 0) is 39.3 Å². The number of nitrogens with zero attached hydrogens (tertiary/aromatic N) is 2. The molecule has 0 saturated carbocycles. The number of hydrogen-bond donors (Lipinski definition) is 1. The fourth-order valence-corrected chi connectivity index (χ4v) is 1.79. The summed E-state index contributed by atoms with van der Waals surface area (Å²) in [7, 11) is 1.66. The highest BCUT2D eigenvalue weighted by Gasteiger charge is 2.20. The second-order valence-electron chi connectivity index (χ2n) is 4.86. The van der Waals surface area contributed by atoms with Gasteiger partial charge in [-0.3, -0.25) is 0 Å². The monoisotopic (exact) mass is 233 g/mol. The maximum atomic E-state index is 9.16. The number of aryl methyl sites for hydroxylation is 2. The lowest BCUT2D eigenvalue weighted by molar-refractivity contribution is 0.158. The van der Waals surface area contributed by atoms with Gasteiger partial charge in [0.2, 0.25) is 0 Å². The van der Waals surface area contributed by atoms with E-state index in [4.69, 9.17) is 10.00 Å². The highest BCUT2D eigenvalue weighted by Crippen LogP contribution is 2.21. The zero-order valence-corrected chi connectivity index (χ0v) is 11.1. The van der Waals surface area contributed by atoms with Gasteiger partial charge in [-0.1, -0.05) is 0 Å². The predicted octanol–water partition coefficient (Wildman–Crippen LogP) is 2.41. The van der Waals surface area contributed by atoms with Gasteiger partial charge < -0.3 is 10.1 Å². The number of ether oxygens (including phenoxy) is 1. The molecule has 0 bridgehead atoms. The van der Waals surface area contributed by atoms with Crippen LogP contribution in [0.25, 0.3) is 0 Å². The summed E-state index contributed by atoms with van der Waals surface area (Å²) in [5.74, 6) is 0.632. The van der Waals surface area contributed by atoms with Gasteiger partial charge in [0.25, 0.3) is 0 Å². The van der Waals surface area contributed by atoms with E-state index in [1.54, 1.807) is 7.11 Å². The molecule has 0 unspecified atom stereocenters. The lowest BCUT2D eigenvalue weighted by Gasteiger charge is -2.26. The molecular weight excluding hydrogens is 214 g/mol. The number of pyridine rings is 1. The van der Waals surface area contributed by atoms with Crippen molar-refractivity contribution in [2.24, 2.45) is 0 Å². The normalized spacial score (nSPS) is 11.1. The van der Waals surface area contributed by atoms with Crippen molar-refractivity contribution >= 4 is 5.82 Å². The van der Waals surface area contributed by atoms with Crippen molar-refractivity contribution in [1.29, 1.82) is 5.26 Å². The van der Waals surface area contributed by atoms with Gasteiger partial charge >= 0.3 is 0 Å². The van der Waals surface area contributed by atoms with Crippen LogP contribution in [0.5, 0.6) is 0 Å². The zero-order chi connectivity index (χ0) is 13.1. The Balaban J connectivity index is 3.10. The van der Waals surface area contributed by atoms with Crippen molar-refractivity contribution in [3.63, 3.8) is 0 Å². The van der Waals surface area contributed by atoms with Crippen molar-refractivity contribution in [3.05, 3.63) is 22.9 Å². The third kappa shape index (κ3) is 3.43. The van der Waals surface area contributed by atoms with Gasteiger partial charge in [0.15, 0.2) is 0 Å². The van der Waals surface area contributed by atoms with E-state index in [1.807, 2.05) is 33.8 Å². The van der Waals surface area contributed by atoms with Gasteiger partial charge in [0, 0.05) is 12.8 Å². The highest BCUT2D eigenvalue weighted by molar-refractivity contribution is 5.57. The van der Waals surface area contributed by atoms with Crippen LogP contribution in [-0.2, 0) is 4.74 Å². The first-order chi connectivity index (χ1) is 7.89. The molecule has 0 atom stereocenters. The maximum absolute atomic E-state index is 9.16. The van der Waals surface area contributed by atoms with Crippen LogP contribution in [-0.4, -0.2) is 24.2 Å². The average Bonchev–Trinajstić information content (AvgIpc) is 2.15. The number of aromatic nitrogens is 1. The average molecular weight is 233 g/mol. The number of nitrogens with one attached hydrogen (secondary N) is 1. The van der Waals surface area contributed by atoms with Crippen LogP contribution in [0, 0.1) is 25.2 Å². The minimum absolute atomic E-state index is 0.256. The van der Waals surface area contributed by atoms with Crippen molar-refractivity contribution in [3.8, 4) is 6.07 Å². The minimum atomic E-state index is -0.256. The molecular formula is C13H19N3O. The molecule has 0 amide bonds. The minimum Gasteiger partial charge on any atom is -0.382 e. The molecule has 92 valence electrons. The fraction of sp³-hybridized carbons (Fsp3) is 0.538. The van der Waals surface area contributed by atoms with Gasteiger partial charge in [0.05, 0.1) is 17.7 Å². The van der Waals surface area contributed by atoms with Gasteiger partial charge in [-0.25, -0.2) is 4.98 Å². The molecule has 1 N–H and O–H groups in total. The number of nitriles is 1. The van der Waals surface area contributed by atoms with E-state index in [0.29, 0.717) is 18.0 Å². The zero-order valence-electron chi connectivity index (χ0n) is 11.1. The molecule has 0 radical (unpaired) electrons. The Hall–Kier alpha value is -1.60. The van der Waals surface area contributed by atoms with E-state index in [1.165, 1.54) is 0 Å². The van der Waals surface area contributed by atoms with Crippen LogP contribution in [0.2, 0.25) is 0 Å². The summed E-state index contributed by atoms with van der Waals surface area (Å²) in [5, 5.41) is 12.4. The number of methoxy groups -OCH3 is 1. The second kappa shape index (κ2) is 5.15. The SMILES string of the molecule is COCC(C)(C)Nc1nc(C)cc(C)c1C#N. The third-order valence-electron chi connectivity index (χ3n) is 2.42. The largest absolute Gasteiger partial charge is 0.382 e. The molecule has 17 heavy (non-hydrogen) atoms. The molecule has 1 rings (SSSR count). The Morgan fingerprint density at radius 2 is 2.12 bits per heavy atom. The van der Waals surface area contributed by atoms with Crippen LogP contribution < -0.4 is 5.32 Å². The maximum Gasteiger partial charge on any atom is 0.144 e. The lowest BCUT2D eigenvalue weighted by Crippen LogP contribution is -2.36. The summed E-state index contributed by atoms with van der Waals surface area (Å²) in [6, 6.07) is 4.10. The highest BCUT2D eigenvalue weighted by atomic mass is 16.5. The summed E-state index contributed by atoms with van der Waals surface area (Å²) < 4.78 is 5.14. The Bertz CT molecular complexity index is 447. The molecule has 0 aliphatic rings. The predicted molar refractivity (Wildman–Crippen MR) is 68.0 cm³/mol. The molecule has 4 heteroatoms. The van der Waals surface area contributed by atoms with E-state index < -0.39 is 0 Å². The first kappa shape index (κ1) is 13.5. The van der Waals surface area contributed by atoms with Crippen LogP contribution in [0.3, 0.4) is 0 Å². The van der Waals surface area contributed by atoms with Gasteiger partial charge in [-0.2, -0.15) is 5.26 Å². The lowest BCUT2D eigenvalue weighted by atomic mass is 10.1. The third-order valence-corrected chi connectivity index (χ3v) is 2.42. The molecule has 0 aliphatic heterocycles. The number of anilines is 1. The van der Waals surface area contributed by atoms with E-state index in [9.17, 15) is 0 Å². The standard InChI is InChI=1S/C13H19N3O/c1-9-6-10(2)15-12(11(9)7-14)16-13(3,4)8-17-5/h6H,8H2,1-5H3,(H,15,16). The van der Waals surface area contributed by atoms with E-state index >= 15 is 0 Å². The van der Waals surface area contributed by atoms with Crippen molar-refractivity contribution in [2.45, 2.75) is 33.2 Å². The molecule has 1 aromatic heterocycles. The van der Waals surface area contributed by atoms with Crippen molar-refractivity contribution in [2.75, 3.05) is 19.0 Å². The number of rotatable bonds is 4. The first-order valence-electron chi connectivity index (χ1n) is 5.55. The Labute approximate surface area is 103 Å². The summed E-state index contributed by atoms with van der Waals surface area (Å²) in [6.07, 6.45) is 0. The van der Waals surface area contributed by atoms with Gasteiger partial charge in [-0.15, -0.1) is 0 Å². The first-order valence-corrected chi connectivity index (χ1v) is 5.55. The number of hydrogen-bond acceptors (Lipinski definition) is 4. The molecule has 1 aromatic rings. The summed E-state index contributed by atoms with van der Waals surface area (Å²) >= 11 is 0. The van der Waals surface area contributed by atoms with Crippen LogP contribution in [0.1, 0.15) is 30.7 Å². The van der Waals surface area contributed by atoms with Crippen molar-refractivity contribution < 1.29 is 4.74 Å². The summed E-state index contributed by atoms with van der Waals surface area (Å²) in [4.78, 5) is 4.38. The fourth-order valence-electron chi connectivity index (χ4n) is 1.79. The Kier molecular flexibility index (Phi) is 4.08. The Morgan fingerprint density at radius 1 is 1.47 bits per heavy atom. The second-order valence-corrected chi connectivity index (χ2v) is 4.86. The van der Waals surface area contributed by atoms with Gasteiger partial charge in [0.1, 0.15) is 11.9 Å². The van der Waals surface area contributed by atoms with Crippen LogP contribution >= 0.6 is 0 Å².